The summed E-state index contributed by atoms with van der Waals surface area (Å²) in [5, 5.41) is 7.82. The Labute approximate surface area is 175 Å². The first kappa shape index (κ1) is 22.7. The van der Waals surface area contributed by atoms with Crippen LogP contribution >= 0.6 is 0 Å². The van der Waals surface area contributed by atoms with Gasteiger partial charge in [-0.3, -0.25) is 9.59 Å². The molecule has 0 radical (unpaired) electrons. The summed E-state index contributed by atoms with van der Waals surface area (Å²) >= 11 is 0. The Kier molecular flexibility index (Phi) is 7.80. The molecule has 0 fully saturated rings. The van der Waals surface area contributed by atoms with Crippen molar-refractivity contribution >= 4 is 29.3 Å². The molecule has 2 aromatic carbocycles. The third kappa shape index (κ3) is 7.83. The Balaban J connectivity index is 1.90. The summed E-state index contributed by atoms with van der Waals surface area (Å²) in [6, 6.07) is 13.5. The SMILES string of the molecule is CCOc1ccc(C(=O)Nc2cccc(NC(=O)CNC(=O)OC(C)(C)C)c2)cc1. The van der Waals surface area contributed by atoms with Gasteiger partial charge in [-0.2, -0.15) is 0 Å². The van der Waals surface area contributed by atoms with Gasteiger partial charge in [0.1, 0.15) is 17.9 Å². The number of hydrogen-bond donors (Lipinski definition) is 3. The predicted molar refractivity (Wildman–Crippen MR) is 115 cm³/mol. The third-order valence-electron chi connectivity index (χ3n) is 3.62. The molecule has 0 saturated carbocycles. The Morgan fingerprint density at radius 1 is 0.933 bits per heavy atom. The number of nitrogens with one attached hydrogen (secondary N) is 3. The Morgan fingerprint density at radius 2 is 1.57 bits per heavy atom. The first-order valence-electron chi connectivity index (χ1n) is 9.57. The van der Waals surface area contributed by atoms with Crippen molar-refractivity contribution in [3.8, 4) is 5.75 Å². The average molecular weight is 413 g/mol. The van der Waals surface area contributed by atoms with Crippen LogP contribution in [0.5, 0.6) is 5.75 Å². The summed E-state index contributed by atoms with van der Waals surface area (Å²) in [5.74, 6) is -0.0114. The first-order chi connectivity index (χ1) is 14.2. The summed E-state index contributed by atoms with van der Waals surface area (Å²) < 4.78 is 10.4. The van der Waals surface area contributed by atoms with E-state index in [1.54, 1.807) is 69.3 Å². The van der Waals surface area contributed by atoms with Crippen LogP contribution in [0.25, 0.3) is 0 Å². The summed E-state index contributed by atoms with van der Waals surface area (Å²) in [6.45, 7) is 7.41. The lowest BCUT2D eigenvalue weighted by molar-refractivity contribution is -0.115. The first-order valence-corrected chi connectivity index (χ1v) is 9.57. The van der Waals surface area contributed by atoms with Gasteiger partial charge in [-0.05, 0) is 70.2 Å². The van der Waals surface area contributed by atoms with Gasteiger partial charge in [-0.1, -0.05) is 6.07 Å². The van der Waals surface area contributed by atoms with Gasteiger partial charge in [0.15, 0.2) is 0 Å². The van der Waals surface area contributed by atoms with Gasteiger partial charge in [0.2, 0.25) is 5.91 Å². The number of benzene rings is 2. The van der Waals surface area contributed by atoms with E-state index in [4.69, 9.17) is 9.47 Å². The molecule has 3 amide bonds. The van der Waals surface area contributed by atoms with Crippen molar-refractivity contribution in [3.05, 3.63) is 54.1 Å². The Morgan fingerprint density at radius 3 is 2.17 bits per heavy atom. The van der Waals surface area contributed by atoms with E-state index in [0.29, 0.717) is 29.3 Å². The highest BCUT2D eigenvalue weighted by Crippen LogP contribution is 2.17. The van der Waals surface area contributed by atoms with Crippen molar-refractivity contribution in [1.29, 1.82) is 0 Å². The van der Waals surface area contributed by atoms with Gasteiger partial charge < -0.3 is 25.4 Å². The molecule has 0 saturated heterocycles. The number of amides is 3. The number of anilines is 2. The molecule has 30 heavy (non-hydrogen) atoms. The number of rotatable bonds is 7. The quantitative estimate of drug-likeness (QED) is 0.640. The van der Waals surface area contributed by atoms with E-state index in [0.717, 1.165) is 0 Å². The maximum absolute atomic E-state index is 12.4. The highest BCUT2D eigenvalue weighted by atomic mass is 16.6. The lowest BCUT2D eigenvalue weighted by atomic mass is 10.2. The molecule has 2 aromatic rings. The van der Waals surface area contributed by atoms with Gasteiger partial charge in [0, 0.05) is 16.9 Å². The minimum atomic E-state index is -0.672. The van der Waals surface area contributed by atoms with Crippen molar-refractivity contribution in [3.63, 3.8) is 0 Å². The van der Waals surface area contributed by atoms with Crippen molar-refractivity contribution in [2.45, 2.75) is 33.3 Å². The van der Waals surface area contributed by atoms with Crippen LogP contribution < -0.4 is 20.7 Å². The van der Waals surface area contributed by atoms with E-state index in [9.17, 15) is 14.4 Å². The highest BCUT2D eigenvalue weighted by molar-refractivity contribution is 6.04. The third-order valence-corrected chi connectivity index (χ3v) is 3.62. The van der Waals surface area contributed by atoms with Crippen molar-refractivity contribution in [1.82, 2.24) is 5.32 Å². The molecule has 0 aliphatic heterocycles. The Bertz CT molecular complexity index is 888. The molecule has 2 rings (SSSR count). The van der Waals surface area contributed by atoms with Gasteiger partial charge in [-0.25, -0.2) is 4.79 Å². The molecular weight excluding hydrogens is 386 g/mol. The maximum atomic E-state index is 12.4. The van der Waals surface area contributed by atoms with E-state index in [-0.39, 0.29) is 12.5 Å². The van der Waals surface area contributed by atoms with Crippen LogP contribution in [0.4, 0.5) is 16.2 Å². The molecule has 0 spiro atoms. The molecule has 3 N–H and O–H groups in total. The summed E-state index contributed by atoms with van der Waals surface area (Å²) in [6.07, 6.45) is -0.672. The van der Waals surface area contributed by atoms with E-state index in [1.807, 2.05) is 6.92 Å². The second-order valence-electron chi connectivity index (χ2n) is 7.40. The fourth-order valence-corrected chi connectivity index (χ4v) is 2.42. The summed E-state index contributed by atoms with van der Waals surface area (Å²) in [4.78, 5) is 36.1. The average Bonchev–Trinajstić information content (AvgIpc) is 2.66. The largest absolute Gasteiger partial charge is 0.494 e. The number of alkyl carbamates (subject to hydrolysis) is 1. The predicted octanol–water partition coefficient (Wildman–Crippen LogP) is 3.80. The molecule has 8 heteroatoms. The van der Waals surface area contributed by atoms with Crippen LogP contribution in [-0.2, 0) is 9.53 Å². The van der Waals surface area contributed by atoms with Crippen molar-refractivity contribution in [2.75, 3.05) is 23.8 Å². The molecule has 0 aromatic heterocycles. The van der Waals surface area contributed by atoms with E-state index >= 15 is 0 Å². The minimum absolute atomic E-state index is 0.238. The van der Waals surface area contributed by atoms with Gasteiger partial charge in [-0.15, -0.1) is 0 Å². The fraction of sp³-hybridized carbons (Fsp3) is 0.318. The molecule has 8 nitrogen and oxygen atoms in total. The smallest absolute Gasteiger partial charge is 0.408 e. The van der Waals surface area contributed by atoms with Gasteiger partial charge in [0.05, 0.1) is 6.61 Å². The molecule has 160 valence electrons. The van der Waals surface area contributed by atoms with E-state index in [1.165, 1.54) is 0 Å². The lowest BCUT2D eigenvalue weighted by Crippen LogP contribution is -2.37. The second-order valence-corrected chi connectivity index (χ2v) is 7.40. The topological polar surface area (TPSA) is 106 Å². The second kappa shape index (κ2) is 10.3. The Hall–Kier alpha value is -3.55. The zero-order valence-electron chi connectivity index (χ0n) is 17.6. The fourth-order valence-electron chi connectivity index (χ4n) is 2.42. The highest BCUT2D eigenvalue weighted by Gasteiger charge is 2.16. The summed E-state index contributed by atoms with van der Waals surface area (Å²) in [5.41, 5.74) is 0.841. The van der Waals surface area contributed by atoms with Crippen molar-refractivity contribution < 1.29 is 23.9 Å². The lowest BCUT2D eigenvalue weighted by Gasteiger charge is -2.19. The standard InChI is InChI=1S/C22H27N3O5/c1-5-29-18-11-9-15(10-12-18)20(27)25-17-8-6-7-16(13-17)24-19(26)14-23-21(28)30-22(2,3)4/h6-13H,5,14H2,1-4H3,(H,23,28)(H,24,26)(H,25,27). The molecule has 0 bridgehead atoms. The maximum Gasteiger partial charge on any atom is 0.408 e. The monoisotopic (exact) mass is 413 g/mol. The van der Waals surface area contributed by atoms with Crippen molar-refractivity contribution in [2.24, 2.45) is 0 Å². The van der Waals surface area contributed by atoms with E-state index < -0.39 is 17.6 Å². The van der Waals surface area contributed by atoms with Crippen LogP contribution in [-0.4, -0.2) is 36.7 Å². The number of ether oxygens (including phenoxy) is 2. The summed E-state index contributed by atoms with van der Waals surface area (Å²) in [7, 11) is 0. The number of carbonyl (C=O) groups is 3. The minimum Gasteiger partial charge on any atom is -0.494 e. The molecule has 0 atom stereocenters. The van der Waals surface area contributed by atoms with Crippen LogP contribution in [0.15, 0.2) is 48.5 Å². The van der Waals surface area contributed by atoms with Gasteiger partial charge in [0.25, 0.3) is 5.91 Å². The molecule has 0 aliphatic carbocycles. The van der Waals surface area contributed by atoms with Crippen LogP contribution in [0.1, 0.15) is 38.1 Å². The van der Waals surface area contributed by atoms with Crippen LogP contribution in [0, 0.1) is 0 Å². The molecular formula is C22H27N3O5. The zero-order valence-corrected chi connectivity index (χ0v) is 17.6. The van der Waals surface area contributed by atoms with Gasteiger partial charge >= 0.3 is 6.09 Å². The number of hydrogen-bond acceptors (Lipinski definition) is 5. The van der Waals surface area contributed by atoms with E-state index in [2.05, 4.69) is 16.0 Å². The normalized spacial score (nSPS) is 10.7. The van der Waals surface area contributed by atoms with Crippen LogP contribution in [0.2, 0.25) is 0 Å². The number of carbonyl (C=O) groups excluding carboxylic acids is 3. The van der Waals surface area contributed by atoms with Crippen LogP contribution in [0.3, 0.4) is 0 Å². The molecule has 0 unspecified atom stereocenters. The molecule has 0 heterocycles. The zero-order chi connectivity index (χ0) is 22.1. The molecule has 0 aliphatic rings.